The van der Waals surface area contributed by atoms with Gasteiger partial charge in [-0.1, -0.05) is 136 Å². The number of carboxylic acids is 1. The van der Waals surface area contributed by atoms with Crippen LogP contribution in [0.15, 0.2) is 115 Å². The van der Waals surface area contributed by atoms with E-state index in [9.17, 15) is 24.3 Å². The number of nitrogens with one attached hydrogen (secondary N) is 3. The minimum Gasteiger partial charge on any atom is -0.494 e. The van der Waals surface area contributed by atoms with Crippen LogP contribution in [0.3, 0.4) is 0 Å². The fraction of sp³-hybridized carbons (Fsp3) is 0.483. The summed E-state index contributed by atoms with van der Waals surface area (Å²) in [5.74, 6) is -4.23. The molecule has 1 aliphatic rings. The highest BCUT2D eigenvalue weighted by Gasteiger charge is 2.66. The van der Waals surface area contributed by atoms with Crippen molar-refractivity contribution in [1.29, 1.82) is 0 Å². The van der Waals surface area contributed by atoms with Gasteiger partial charge in [-0.25, -0.2) is 19.3 Å². The van der Waals surface area contributed by atoms with E-state index in [-0.39, 0.29) is 44.3 Å². The monoisotopic (exact) mass is 1110 g/mol. The lowest BCUT2D eigenvalue weighted by Gasteiger charge is -2.55. The standard InChI is InChI=1S/C60H81N7O11S/c1-3-5-37-77-57(74)66-35-31-44(32-36-66)20-16-19-39-76-49-29-27-45(28-30-49)40-50(55(71)72)65-56(73)59(33-17-18-34-61,60(46-21-10-7-11-22-46,47-23-12-8-13-24-47)48-25-14-9-15-26-48)67(58(75)78-38-6-4-2)54(70)51(43-79)64-53(69)42-63-52(68)41-62/h7-15,21-30,44,50-51,79H,3-6,16-20,31-43,61-62H2,1-2H3,(H,63,68)(H,64,69)(H,65,73)(H,71,72)/t50-,51?,59+/m0/s1. The Labute approximate surface area is 470 Å². The Kier molecular flexibility index (Phi) is 26.1. The molecule has 0 aliphatic carbocycles. The summed E-state index contributed by atoms with van der Waals surface area (Å²) in [5.41, 5.74) is 9.21. The van der Waals surface area contributed by atoms with E-state index < -0.39 is 71.8 Å². The van der Waals surface area contributed by atoms with E-state index >= 15 is 14.4 Å². The average Bonchev–Trinajstić information content (AvgIpc) is 3.48. The van der Waals surface area contributed by atoms with Gasteiger partial charge in [0.05, 0.1) is 38.3 Å². The third-order valence-electron chi connectivity index (χ3n) is 14.4. The molecule has 0 spiro atoms. The highest BCUT2D eigenvalue weighted by Crippen LogP contribution is 2.53. The lowest BCUT2D eigenvalue weighted by atomic mass is 9.55. The summed E-state index contributed by atoms with van der Waals surface area (Å²) in [6.45, 7) is 5.27. The van der Waals surface area contributed by atoms with Crippen molar-refractivity contribution in [1.82, 2.24) is 25.8 Å². The van der Waals surface area contributed by atoms with E-state index in [1.165, 1.54) is 0 Å². The van der Waals surface area contributed by atoms with Crippen LogP contribution in [0.2, 0.25) is 0 Å². The second-order valence-corrected chi connectivity index (χ2v) is 20.2. The number of piperidine rings is 1. The molecule has 428 valence electrons. The Hall–Kier alpha value is -6.96. The van der Waals surface area contributed by atoms with Crippen LogP contribution in [-0.2, 0) is 45.3 Å². The van der Waals surface area contributed by atoms with Gasteiger partial charge in [0, 0.05) is 25.3 Å². The summed E-state index contributed by atoms with van der Waals surface area (Å²) in [4.78, 5) is 102. The summed E-state index contributed by atoms with van der Waals surface area (Å²) in [7, 11) is 0. The second kappa shape index (κ2) is 32.8. The first-order valence-electron chi connectivity index (χ1n) is 27.7. The summed E-state index contributed by atoms with van der Waals surface area (Å²) < 4.78 is 17.5. The number of imide groups is 1. The summed E-state index contributed by atoms with van der Waals surface area (Å²) >= 11 is 4.49. The molecule has 0 aromatic heterocycles. The summed E-state index contributed by atoms with van der Waals surface area (Å²) in [6.07, 6.45) is 5.95. The van der Waals surface area contributed by atoms with Crippen molar-refractivity contribution in [3.05, 3.63) is 138 Å². The lowest BCUT2D eigenvalue weighted by molar-refractivity contribution is -0.153. The predicted molar refractivity (Wildman–Crippen MR) is 305 cm³/mol. The van der Waals surface area contributed by atoms with E-state index in [0.29, 0.717) is 79.5 Å². The van der Waals surface area contributed by atoms with Crippen LogP contribution < -0.4 is 32.2 Å². The Morgan fingerprint density at radius 1 is 0.696 bits per heavy atom. The molecule has 1 fully saturated rings. The summed E-state index contributed by atoms with van der Waals surface area (Å²) in [5, 5.41) is 18.9. The average molecular weight is 1110 g/mol. The van der Waals surface area contributed by atoms with Crippen molar-refractivity contribution in [3.63, 3.8) is 0 Å². The maximum atomic E-state index is 16.7. The molecule has 1 unspecified atom stereocenters. The first-order valence-corrected chi connectivity index (χ1v) is 28.4. The Morgan fingerprint density at radius 3 is 1.78 bits per heavy atom. The third kappa shape index (κ3) is 17.0. The molecule has 1 saturated heterocycles. The number of nitrogens with two attached hydrogens (primary N) is 2. The highest BCUT2D eigenvalue weighted by molar-refractivity contribution is 7.80. The van der Waals surface area contributed by atoms with Crippen LogP contribution in [0.25, 0.3) is 0 Å². The van der Waals surface area contributed by atoms with Gasteiger partial charge in [-0.15, -0.1) is 0 Å². The normalized spacial score (nSPS) is 14.2. The number of hydrogen-bond acceptors (Lipinski definition) is 13. The molecule has 5 rings (SSSR count). The second-order valence-electron chi connectivity index (χ2n) is 19.8. The highest BCUT2D eigenvalue weighted by atomic mass is 32.1. The van der Waals surface area contributed by atoms with E-state index in [2.05, 4.69) is 35.5 Å². The molecule has 18 nitrogen and oxygen atoms in total. The number of carbonyl (C=O) groups is 7. The van der Waals surface area contributed by atoms with Crippen molar-refractivity contribution in [2.75, 3.05) is 58.3 Å². The minimum atomic E-state index is -2.48. The van der Waals surface area contributed by atoms with Gasteiger partial charge in [0.25, 0.3) is 5.91 Å². The predicted octanol–water partition coefficient (Wildman–Crippen LogP) is 7.15. The van der Waals surface area contributed by atoms with E-state index in [4.69, 9.17) is 25.7 Å². The zero-order valence-corrected chi connectivity index (χ0v) is 46.7. The van der Waals surface area contributed by atoms with Crippen molar-refractivity contribution in [3.8, 4) is 5.75 Å². The van der Waals surface area contributed by atoms with Gasteiger partial charge >= 0.3 is 18.2 Å². The molecule has 8 N–H and O–H groups in total. The van der Waals surface area contributed by atoms with Crippen LogP contribution in [0.1, 0.15) is 113 Å². The molecule has 0 saturated carbocycles. The first-order chi connectivity index (χ1) is 38.3. The number of nitrogens with zero attached hydrogens (tertiary/aromatic N) is 2. The van der Waals surface area contributed by atoms with Gasteiger partial charge in [-0.2, -0.15) is 12.6 Å². The van der Waals surface area contributed by atoms with E-state index in [1.54, 1.807) is 120 Å². The van der Waals surface area contributed by atoms with Gasteiger partial charge in [0.15, 0.2) is 5.54 Å². The molecular weight excluding hydrogens is 1030 g/mol. The van der Waals surface area contributed by atoms with Crippen molar-refractivity contribution >= 4 is 54.4 Å². The number of rotatable bonds is 32. The number of likely N-dealkylation sites (tertiary alicyclic amines) is 1. The fourth-order valence-corrected chi connectivity index (χ4v) is 10.5. The van der Waals surface area contributed by atoms with Gasteiger partial charge in [0.1, 0.15) is 17.8 Å². The molecule has 79 heavy (non-hydrogen) atoms. The van der Waals surface area contributed by atoms with Crippen LogP contribution in [0.4, 0.5) is 9.59 Å². The SMILES string of the molecule is CCCCOC(=O)N1CCC(CCCCOc2ccc(C[C@H](NC(=O)[C@@](CCCCN)(N(C(=O)OCCCC)C(=O)C(CS)NC(=O)CNC(=O)CN)C(c3ccccc3)(c3ccccc3)c3ccccc3)C(=O)O)cc2)CC1. The smallest absolute Gasteiger partial charge is 0.417 e. The van der Waals surface area contributed by atoms with E-state index in [0.717, 1.165) is 49.8 Å². The van der Waals surface area contributed by atoms with Crippen molar-refractivity contribution < 1.29 is 52.9 Å². The quantitative estimate of drug-likeness (QED) is 0.0146. The number of carbonyl (C=O) groups excluding carboxylic acids is 6. The van der Waals surface area contributed by atoms with E-state index in [1.807, 2.05) is 6.92 Å². The van der Waals surface area contributed by atoms with Crippen molar-refractivity contribution in [2.24, 2.45) is 17.4 Å². The molecule has 6 amide bonds. The van der Waals surface area contributed by atoms with Crippen LogP contribution >= 0.6 is 12.6 Å². The maximum absolute atomic E-state index is 16.7. The number of hydrogen-bond donors (Lipinski definition) is 7. The van der Waals surface area contributed by atoms with Crippen LogP contribution in [0, 0.1) is 5.92 Å². The van der Waals surface area contributed by atoms with Gasteiger partial charge < -0.3 is 51.6 Å². The number of carboxylic acid groups (broad SMARTS) is 1. The Balaban J connectivity index is 1.56. The fourth-order valence-electron chi connectivity index (χ4n) is 10.3. The molecule has 19 heteroatoms. The Bertz CT molecular complexity index is 2440. The Morgan fingerprint density at radius 2 is 1.27 bits per heavy atom. The number of ether oxygens (including phenoxy) is 3. The zero-order valence-electron chi connectivity index (χ0n) is 45.8. The van der Waals surface area contributed by atoms with Gasteiger partial charge in [0.2, 0.25) is 17.7 Å². The molecule has 3 atom stereocenters. The molecule has 4 aromatic carbocycles. The van der Waals surface area contributed by atoms with Crippen LogP contribution in [0.5, 0.6) is 5.75 Å². The molecule has 0 bridgehead atoms. The topological polar surface area (TPSA) is 262 Å². The van der Waals surface area contributed by atoms with Gasteiger partial charge in [-0.3, -0.25) is 19.2 Å². The number of aliphatic carboxylic acids is 1. The molecular formula is C60H81N7O11S. The zero-order chi connectivity index (χ0) is 57.0. The first kappa shape index (κ1) is 62.9. The number of unbranched alkanes of at least 4 members (excludes halogenated alkanes) is 4. The molecule has 0 radical (unpaired) electrons. The number of amides is 6. The van der Waals surface area contributed by atoms with Gasteiger partial charge in [-0.05, 0) is 105 Å². The maximum Gasteiger partial charge on any atom is 0.417 e. The lowest BCUT2D eigenvalue weighted by Crippen LogP contribution is -2.75. The van der Waals surface area contributed by atoms with Crippen molar-refractivity contribution in [2.45, 2.75) is 120 Å². The largest absolute Gasteiger partial charge is 0.494 e. The minimum absolute atomic E-state index is 0.128. The van der Waals surface area contributed by atoms with Crippen LogP contribution in [-0.4, -0.2) is 133 Å². The summed E-state index contributed by atoms with van der Waals surface area (Å²) in [6, 6.07) is 30.4. The third-order valence-corrected chi connectivity index (χ3v) is 14.8. The molecule has 1 heterocycles. The molecule has 1 aliphatic heterocycles. The number of benzene rings is 4. The number of thiol groups is 1. The molecule has 4 aromatic rings.